The van der Waals surface area contributed by atoms with Gasteiger partial charge in [-0.3, -0.25) is 9.59 Å². The van der Waals surface area contributed by atoms with Crippen molar-refractivity contribution in [3.63, 3.8) is 0 Å². The molecule has 0 bridgehead atoms. The number of ether oxygens (including phenoxy) is 3. The highest BCUT2D eigenvalue weighted by Gasteiger charge is 2.26. The summed E-state index contributed by atoms with van der Waals surface area (Å²) >= 11 is 0. The number of carbonyl (C=O) groups is 4. The van der Waals surface area contributed by atoms with Crippen molar-refractivity contribution in [2.24, 2.45) is 5.92 Å². The fourth-order valence-electron chi connectivity index (χ4n) is 3.09. The summed E-state index contributed by atoms with van der Waals surface area (Å²) < 4.78 is 15.6. The van der Waals surface area contributed by atoms with Crippen LogP contribution in [0.4, 0.5) is 5.69 Å². The van der Waals surface area contributed by atoms with E-state index in [0.717, 1.165) is 19.4 Å². The second-order valence-electron chi connectivity index (χ2n) is 6.87. The molecule has 1 saturated heterocycles. The molecule has 0 aromatic heterocycles. The van der Waals surface area contributed by atoms with Gasteiger partial charge in [-0.1, -0.05) is 0 Å². The fourth-order valence-corrected chi connectivity index (χ4v) is 3.09. The number of nitrogens with zero attached hydrogens (tertiary/aromatic N) is 1. The van der Waals surface area contributed by atoms with Gasteiger partial charge in [-0.05, 0) is 38.4 Å². The molecule has 0 aliphatic carbocycles. The molecular formula is C21H30N2O9. The van der Waals surface area contributed by atoms with Gasteiger partial charge in [0.1, 0.15) is 11.5 Å². The number of piperidine rings is 1. The predicted octanol–water partition coefficient (Wildman–Crippen LogP) is 1.46. The van der Waals surface area contributed by atoms with Crippen LogP contribution in [-0.4, -0.2) is 79.4 Å². The first-order valence-corrected chi connectivity index (χ1v) is 10.1. The highest BCUT2D eigenvalue weighted by Crippen LogP contribution is 2.29. The molecular weight excluding hydrogens is 424 g/mol. The van der Waals surface area contributed by atoms with Crippen LogP contribution in [0.15, 0.2) is 18.2 Å². The van der Waals surface area contributed by atoms with Crippen LogP contribution >= 0.6 is 0 Å². The SMILES string of the molecule is CCOC(=O)C1CCCN(CCC(=O)Nc2ccc(OC)cc2OC)C1.O=C(O)C(=O)O. The molecule has 0 saturated carbocycles. The van der Waals surface area contributed by atoms with E-state index in [-0.39, 0.29) is 17.8 Å². The van der Waals surface area contributed by atoms with Gasteiger partial charge in [-0.25, -0.2) is 9.59 Å². The Bertz CT molecular complexity index is 785. The van der Waals surface area contributed by atoms with Crippen LogP contribution in [-0.2, 0) is 23.9 Å². The fraction of sp³-hybridized carbons (Fsp3) is 0.524. The number of amides is 1. The van der Waals surface area contributed by atoms with E-state index in [9.17, 15) is 9.59 Å². The van der Waals surface area contributed by atoms with Crippen molar-refractivity contribution >= 4 is 29.5 Å². The van der Waals surface area contributed by atoms with E-state index in [2.05, 4.69) is 10.2 Å². The lowest BCUT2D eigenvalue weighted by atomic mass is 9.98. The van der Waals surface area contributed by atoms with Crippen LogP contribution in [0.25, 0.3) is 0 Å². The Kier molecular flexibility index (Phi) is 11.6. The van der Waals surface area contributed by atoms with Gasteiger partial charge in [-0.15, -0.1) is 0 Å². The minimum Gasteiger partial charge on any atom is -0.497 e. The third-order valence-corrected chi connectivity index (χ3v) is 4.65. The number of rotatable bonds is 8. The maximum absolute atomic E-state index is 12.3. The van der Waals surface area contributed by atoms with Gasteiger partial charge in [0.2, 0.25) is 5.91 Å². The van der Waals surface area contributed by atoms with Gasteiger partial charge in [0, 0.05) is 25.6 Å². The second-order valence-corrected chi connectivity index (χ2v) is 6.87. The lowest BCUT2D eigenvalue weighted by Crippen LogP contribution is -2.40. The number of nitrogens with one attached hydrogen (secondary N) is 1. The Hall–Kier alpha value is -3.34. The van der Waals surface area contributed by atoms with Crippen molar-refractivity contribution in [3.8, 4) is 11.5 Å². The smallest absolute Gasteiger partial charge is 0.414 e. The highest BCUT2D eigenvalue weighted by molar-refractivity contribution is 6.27. The number of aliphatic carboxylic acids is 2. The molecule has 32 heavy (non-hydrogen) atoms. The number of likely N-dealkylation sites (tertiary alicyclic amines) is 1. The van der Waals surface area contributed by atoms with Crippen LogP contribution in [0, 0.1) is 5.92 Å². The van der Waals surface area contributed by atoms with Crippen LogP contribution in [0.1, 0.15) is 26.2 Å². The van der Waals surface area contributed by atoms with E-state index in [1.807, 2.05) is 6.92 Å². The van der Waals surface area contributed by atoms with Crippen molar-refractivity contribution in [3.05, 3.63) is 18.2 Å². The van der Waals surface area contributed by atoms with E-state index in [0.29, 0.717) is 43.3 Å². The number of carbonyl (C=O) groups excluding carboxylic acids is 2. The highest BCUT2D eigenvalue weighted by atomic mass is 16.5. The molecule has 1 aliphatic rings. The summed E-state index contributed by atoms with van der Waals surface area (Å²) in [6.07, 6.45) is 2.15. The first-order chi connectivity index (χ1) is 15.2. The van der Waals surface area contributed by atoms with E-state index >= 15 is 0 Å². The zero-order valence-electron chi connectivity index (χ0n) is 18.5. The number of anilines is 1. The topological polar surface area (TPSA) is 152 Å². The number of hydrogen-bond acceptors (Lipinski definition) is 8. The summed E-state index contributed by atoms with van der Waals surface area (Å²) in [5.74, 6) is -2.74. The number of carboxylic acids is 2. The van der Waals surface area contributed by atoms with E-state index in [1.165, 1.54) is 0 Å². The van der Waals surface area contributed by atoms with Crippen LogP contribution in [0.5, 0.6) is 11.5 Å². The Balaban J connectivity index is 0.000000751. The second kappa shape index (κ2) is 13.9. The molecule has 0 spiro atoms. The molecule has 0 radical (unpaired) electrons. The maximum Gasteiger partial charge on any atom is 0.414 e. The number of benzene rings is 1. The molecule has 1 aromatic rings. The van der Waals surface area contributed by atoms with Gasteiger partial charge >= 0.3 is 17.9 Å². The molecule has 11 nitrogen and oxygen atoms in total. The molecule has 11 heteroatoms. The molecule has 1 heterocycles. The summed E-state index contributed by atoms with van der Waals surface area (Å²) in [6, 6.07) is 5.25. The number of methoxy groups -OCH3 is 2. The van der Waals surface area contributed by atoms with Gasteiger partial charge in [0.05, 0.1) is 32.4 Å². The van der Waals surface area contributed by atoms with Crippen molar-refractivity contribution in [2.45, 2.75) is 26.2 Å². The Morgan fingerprint density at radius 2 is 1.81 bits per heavy atom. The van der Waals surface area contributed by atoms with Gasteiger partial charge in [-0.2, -0.15) is 0 Å². The molecule has 2 rings (SSSR count). The molecule has 1 atom stereocenters. The Labute approximate surface area is 186 Å². The normalized spacial score (nSPS) is 15.5. The molecule has 178 valence electrons. The molecule has 3 N–H and O–H groups in total. The van der Waals surface area contributed by atoms with Gasteiger partial charge in [0.25, 0.3) is 0 Å². The summed E-state index contributed by atoms with van der Waals surface area (Å²) in [4.78, 5) is 44.5. The van der Waals surface area contributed by atoms with Crippen LogP contribution in [0.3, 0.4) is 0 Å². The lowest BCUT2D eigenvalue weighted by Gasteiger charge is -2.31. The monoisotopic (exact) mass is 454 g/mol. The first kappa shape index (κ1) is 26.7. The average molecular weight is 454 g/mol. The molecule has 1 aromatic carbocycles. The third kappa shape index (κ3) is 9.21. The van der Waals surface area contributed by atoms with Crippen molar-refractivity contribution in [2.75, 3.05) is 45.8 Å². The maximum atomic E-state index is 12.3. The molecule has 1 aliphatic heterocycles. The zero-order chi connectivity index (χ0) is 24.1. The summed E-state index contributed by atoms with van der Waals surface area (Å²) in [6.45, 7) is 4.38. The number of hydrogen-bond donors (Lipinski definition) is 3. The van der Waals surface area contributed by atoms with E-state index in [4.69, 9.17) is 34.0 Å². The van der Waals surface area contributed by atoms with Crippen molar-refractivity contribution < 1.29 is 43.6 Å². The first-order valence-electron chi connectivity index (χ1n) is 10.1. The van der Waals surface area contributed by atoms with E-state index < -0.39 is 11.9 Å². The summed E-state index contributed by atoms with van der Waals surface area (Å²) in [5.41, 5.74) is 0.612. The Morgan fingerprint density at radius 3 is 2.38 bits per heavy atom. The van der Waals surface area contributed by atoms with Crippen molar-refractivity contribution in [1.29, 1.82) is 0 Å². The quantitative estimate of drug-likeness (QED) is 0.389. The molecule has 1 unspecified atom stereocenters. The largest absolute Gasteiger partial charge is 0.497 e. The van der Waals surface area contributed by atoms with Crippen LogP contribution in [0.2, 0.25) is 0 Å². The van der Waals surface area contributed by atoms with Crippen LogP contribution < -0.4 is 14.8 Å². The third-order valence-electron chi connectivity index (χ3n) is 4.65. The van der Waals surface area contributed by atoms with E-state index in [1.54, 1.807) is 32.4 Å². The standard InChI is InChI=1S/C19H28N2O5.C2H2O4/c1-4-26-19(23)14-6-5-10-21(13-14)11-9-18(22)20-16-8-7-15(24-2)12-17(16)25-3;3-1(4)2(5)6/h7-8,12,14H,4-6,9-11,13H2,1-3H3,(H,20,22);(H,3,4)(H,5,6). The lowest BCUT2D eigenvalue weighted by molar-refractivity contribution is -0.159. The zero-order valence-corrected chi connectivity index (χ0v) is 18.5. The number of esters is 1. The number of carboxylic acid groups (broad SMARTS) is 2. The molecule has 1 amide bonds. The summed E-state index contributed by atoms with van der Waals surface area (Å²) in [7, 11) is 3.13. The summed E-state index contributed by atoms with van der Waals surface area (Å²) in [5, 5.41) is 17.7. The minimum absolute atomic E-state index is 0.0894. The average Bonchev–Trinajstić information content (AvgIpc) is 2.78. The predicted molar refractivity (Wildman–Crippen MR) is 114 cm³/mol. The van der Waals surface area contributed by atoms with Gasteiger partial charge in [0.15, 0.2) is 0 Å². The minimum atomic E-state index is -1.82. The van der Waals surface area contributed by atoms with Crippen molar-refractivity contribution in [1.82, 2.24) is 4.90 Å². The molecule has 1 fully saturated rings. The van der Waals surface area contributed by atoms with Gasteiger partial charge < -0.3 is 34.6 Å². The Morgan fingerprint density at radius 1 is 1.12 bits per heavy atom.